The molecule has 2 aromatic carbocycles. The number of rotatable bonds is 6. The van der Waals surface area contributed by atoms with Crippen LogP contribution in [0, 0.1) is 13.8 Å². The summed E-state index contributed by atoms with van der Waals surface area (Å²) in [7, 11) is 1.57. The van der Waals surface area contributed by atoms with E-state index in [-0.39, 0.29) is 11.8 Å². The van der Waals surface area contributed by atoms with Crippen molar-refractivity contribution in [3.8, 4) is 5.75 Å². The number of ether oxygens (including phenoxy) is 1. The van der Waals surface area contributed by atoms with Gasteiger partial charge < -0.3 is 19.9 Å². The van der Waals surface area contributed by atoms with Crippen molar-refractivity contribution in [2.24, 2.45) is 0 Å². The quantitative estimate of drug-likeness (QED) is 0.684. The first-order valence-corrected chi connectivity index (χ1v) is 8.76. The summed E-state index contributed by atoms with van der Waals surface area (Å²) in [6, 6.07) is 13.6. The Balaban J connectivity index is 1.66. The largest absolute Gasteiger partial charge is 0.489 e. The van der Waals surface area contributed by atoms with Crippen molar-refractivity contribution in [1.29, 1.82) is 0 Å². The highest BCUT2D eigenvalue weighted by atomic mass is 16.5. The summed E-state index contributed by atoms with van der Waals surface area (Å²) in [5.41, 5.74) is 3.26. The van der Waals surface area contributed by atoms with Crippen molar-refractivity contribution in [2.45, 2.75) is 20.5 Å². The number of anilines is 1. The first kappa shape index (κ1) is 19.2. The molecule has 0 unspecified atom stereocenters. The van der Waals surface area contributed by atoms with E-state index in [1.165, 1.54) is 0 Å². The van der Waals surface area contributed by atoms with Gasteiger partial charge in [-0.1, -0.05) is 11.2 Å². The number of nitrogens with one attached hydrogen (secondary N) is 2. The lowest BCUT2D eigenvalue weighted by molar-refractivity contribution is 0.0962. The van der Waals surface area contributed by atoms with Gasteiger partial charge in [-0.05, 0) is 56.3 Å². The highest BCUT2D eigenvalue weighted by Gasteiger charge is 2.11. The molecule has 7 heteroatoms. The second-order valence-electron chi connectivity index (χ2n) is 6.23. The average Bonchev–Trinajstić information content (AvgIpc) is 3.04. The summed E-state index contributed by atoms with van der Waals surface area (Å²) >= 11 is 0. The van der Waals surface area contributed by atoms with Gasteiger partial charge in [-0.15, -0.1) is 0 Å². The van der Waals surface area contributed by atoms with Gasteiger partial charge in [-0.25, -0.2) is 0 Å². The summed E-state index contributed by atoms with van der Waals surface area (Å²) in [5.74, 6) is 0.839. The van der Waals surface area contributed by atoms with Crippen molar-refractivity contribution in [3.05, 3.63) is 76.7 Å². The minimum absolute atomic E-state index is 0.180. The fourth-order valence-electron chi connectivity index (χ4n) is 2.64. The Kier molecular flexibility index (Phi) is 5.74. The fourth-order valence-corrected chi connectivity index (χ4v) is 2.64. The molecular formula is C21H21N3O4. The first-order chi connectivity index (χ1) is 13.5. The predicted octanol–water partition coefficient (Wildman–Crippen LogP) is 3.48. The van der Waals surface area contributed by atoms with Crippen molar-refractivity contribution in [3.63, 3.8) is 0 Å². The molecule has 0 bridgehead atoms. The molecule has 2 amide bonds. The van der Waals surface area contributed by atoms with E-state index < -0.39 is 0 Å². The Labute approximate surface area is 162 Å². The monoisotopic (exact) mass is 379 g/mol. The molecule has 0 fully saturated rings. The van der Waals surface area contributed by atoms with E-state index >= 15 is 0 Å². The van der Waals surface area contributed by atoms with Crippen LogP contribution in [0.4, 0.5) is 5.69 Å². The van der Waals surface area contributed by atoms with E-state index in [2.05, 4.69) is 15.8 Å². The molecule has 0 atom stereocenters. The second kappa shape index (κ2) is 8.39. The van der Waals surface area contributed by atoms with Gasteiger partial charge in [-0.2, -0.15) is 0 Å². The van der Waals surface area contributed by atoms with Gasteiger partial charge in [0.2, 0.25) is 0 Å². The van der Waals surface area contributed by atoms with E-state index in [1.54, 1.807) is 55.6 Å². The SMILES string of the molecule is CNC(=O)c1ccc(NC(=O)c2cccc(OCc3c(C)noc3C)c2)cc1. The topological polar surface area (TPSA) is 93.5 Å². The van der Waals surface area contributed by atoms with Crippen LogP contribution in [0.25, 0.3) is 0 Å². The molecule has 1 aromatic heterocycles. The van der Waals surface area contributed by atoms with Crippen molar-refractivity contribution in [2.75, 3.05) is 12.4 Å². The maximum atomic E-state index is 12.5. The molecule has 0 aliphatic heterocycles. The minimum Gasteiger partial charge on any atom is -0.489 e. The number of amides is 2. The number of aromatic nitrogens is 1. The van der Waals surface area contributed by atoms with Crippen LogP contribution in [0.3, 0.4) is 0 Å². The second-order valence-corrected chi connectivity index (χ2v) is 6.23. The van der Waals surface area contributed by atoms with Gasteiger partial charge in [0.05, 0.1) is 11.3 Å². The summed E-state index contributed by atoms with van der Waals surface area (Å²) in [6.07, 6.45) is 0. The molecular weight excluding hydrogens is 358 g/mol. The Bertz CT molecular complexity index is 974. The van der Waals surface area contributed by atoms with Crippen molar-refractivity contribution < 1.29 is 18.8 Å². The third-order valence-electron chi connectivity index (χ3n) is 4.29. The third kappa shape index (κ3) is 4.37. The average molecular weight is 379 g/mol. The Morgan fingerprint density at radius 2 is 1.79 bits per heavy atom. The minimum atomic E-state index is -0.268. The lowest BCUT2D eigenvalue weighted by Gasteiger charge is -2.09. The van der Waals surface area contributed by atoms with Gasteiger partial charge in [0, 0.05) is 23.9 Å². The van der Waals surface area contributed by atoms with Crippen LogP contribution in [-0.4, -0.2) is 24.0 Å². The zero-order chi connectivity index (χ0) is 20.1. The van der Waals surface area contributed by atoms with Crippen LogP contribution in [-0.2, 0) is 6.61 Å². The van der Waals surface area contributed by atoms with Crippen LogP contribution in [0.2, 0.25) is 0 Å². The summed E-state index contributed by atoms with van der Waals surface area (Å²) < 4.78 is 10.9. The van der Waals surface area contributed by atoms with E-state index in [0.29, 0.717) is 34.9 Å². The van der Waals surface area contributed by atoms with E-state index in [0.717, 1.165) is 11.3 Å². The Morgan fingerprint density at radius 3 is 2.43 bits per heavy atom. The van der Waals surface area contributed by atoms with Gasteiger partial charge in [0.25, 0.3) is 11.8 Å². The molecule has 144 valence electrons. The molecule has 0 saturated heterocycles. The molecule has 28 heavy (non-hydrogen) atoms. The Morgan fingerprint density at radius 1 is 1.04 bits per heavy atom. The van der Waals surface area contributed by atoms with Crippen LogP contribution >= 0.6 is 0 Å². The maximum Gasteiger partial charge on any atom is 0.255 e. The van der Waals surface area contributed by atoms with E-state index in [1.807, 2.05) is 13.8 Å². The van der Waals surface area contributed by atoms with Gasteiger partial charge in [-0.3, -0.25) is 9.59 Å². The summed E-state index contributed by atoms with van der Waals surface area (Å²) in [6.45, 7) is 4.00. The number of hydrogen-bond acceptors (Lipinski definition) is 5. The normalized spacial score (nSPS) is 10.4. The zero-order valence-corrected chi connectivity index (χ0v) is 15.9. The molecule has 7 nitrogen and oxygen atoms in total. The summed E-state index contributed by atoms with van der Waals surface area (Å²) in [4.78, 5) is 24.1. The van der Waals surface area contributed by atoms with Crippen LogP contribution < -0.4 is 15.4 Å². The van der Waals surface area contributed by atoms with Crippen LogP contribution in [0.5, 0.6) is 5.75 Å². The fraction of sp³-hybridized carbons (Fsp3) is 0.190. The van der Waals surface area contributed by atoms with Crippen LogP contribution in [0.15, 0.2) is 53.1 Å². The predicted molar refractivity (Wildman–Crippen MR) is 105 cm³/mol. The number of carbonyl (C=O) groups excluding carboxylic acids is 2. The van der Waals surface area contributed by atoms with Gasteiger partial charge in [0.1, 0.15) is 18.1 Å². The number of aryl methyl sites for hydroxylation is 2. The molecule has 0 aliphatic rings. The van der Waals surface area contributed by atoms with E-state index in [4.69, 9.17) is 9.26 Å². The van der Waals surface area contributed by atoms with Crippen molar-refractivity contribution in [1.82, 2.24) is 10.5 Å². The molecule has 0 aliphatic carbocycles. The molecule has 1 heterocycles. The van der Waals surface area contributed by atoms with E-state index in [9.17, 15) is 9.59 Å². The third-order valence-corrected chi connectivity index (χ3v) is 4.29. The zero-order valence-electron chi connectivity index (χ0n) is 15.9. The number of carbonyl (C=O) groups is 2. The number of nitrogens with zero attached hydrogens (tertiary/aromatic N) is 1. The number of hydrogen-bond donors (Lipinski definition) is 2. The lowest BCUT2D eigenvalue weighted by atomic mass is 10.1. The van der Waals surface area contributed by atoms with Gasteiger partial charge >= 0.3 is 0 Å². The number of benzene rings is 2. The lowest BCUT2D eigenvalue weighted by Crippen LogP contribution is -2.17. The molecule has 0 spiro atoms. The molecule has 3 rings (SSSR count). The summed E-state index contributed by atoms with van der Waals surface area (Å²) in [5, 5.41) is 9.26. The highest BCUT2D eigenvalue weighted by Crippen LogP contribution is 2.19. The standard InChI is InChI=1S/C21H21N3O4/c1-13-19(14(2)28-24-13)12-27-18-6-4-5-16(11-18)21(26)23-17-9-7-15(8-10-17)20(25)22-3/h4-11H,12H2,1-3H3,(H,22,25)(H,23,26). The van der Waals surface area contributed by atoms with Crippen LogP contribution in [0.1, 0.15) is 37.7 Å². The highest BCUT2D eigenvalue weighted by molar-refractivity contribution is 6.04. The molecule has 3 aromatic rings. The maximum absolute atomic E-state index is 12.5. The van der Waals surface area contributed by atoms with Gasteiger partial charge in [0.15, 0.2) is 0 Å². The smallest absolute Gasteiger partial charge is 0.255 e. The Hall–Kier alpha value is -3.61. The molecule has 0 saturated carbocycles. The first-order valence-electron chi connectivity index (χ1n) is 8.76. The molecule has 0 radical (unpaired) electrons. The molecule has 2 N–H and O–H groups in total. The van der Waals surface area contributed by atoms with Crippen molar-refractivity contribution >= 4 is 17.5 Å².